The molecule has 0 saturated carbocycles. The van der Waals surface area contributed by atoms with E-state index in [1.807, 2.05) is 16.0 Å². The molecule has 0 spiro atoms. The first-order valence-electron chi connectivity index (χ1n) is 5.20. The van der Waals surface area contributed by atoms with Gasteiger partial charge in [0, 0.05) is 24.3 Å². The van der Waals surface area contributed by atoms with Gasteiger partial charge in [0.2, 0.25) is 0 Å². The second-order valence-corrected chi connectivity index (χ2v) is 4.18. The predicted molar refractivity (Wildman–Crippen MR) is 63.3 cm³/mol. The monoisotopic (exact) mass is 255 g/mol. The highest BCUT2D eigenvalue weighted by Gasteiger charge is 2.10. The number of aliphatic hydroxyl groups is 1. The van der Waals surface area contributed by atoms with Gasteiger partial charge in [-0.2, -0.15) is 0 Å². The number of nitrogens with one attached hydrogen (secondary N) is 1. The summed E-state index contributed by atoms with van der Waals surface area (Å²) in [4.78, 5) is 16.6. The van der Waals surface area contributed by atoms with E-state index in [0.717, 1.165) is 4.96 Å². The standard InChI is InChI=1S/C10H13N3O3S/c14-3-5-16-4-1-11-9(15)8-7-13-2-6-17-10(13)12-8/h2,6-7,14H,1,3-5H2,(H,11,15). The van der Waals surface area contributed by atoms with Crippen LogP contribution in [-0.2, 0) is 4.74 Å². The highest BCUT2D eigenvalue weighted by Crippen LogP contribution is 2.10. The van der Waals surface area contributed by atoms with Crippen molar-refractivity contribution in [3.8, 4) is 0 Å². The minimum atomic E-state index is -0.214. The largest absolute Gasteiger partial charge is 0.394 e. The summed E-state index contributed by atoms with van der Waals surface area (Å²) < 4.78 is 6.83. The number of hydrogen-bond donors (Lipinski definition) is 2. The van der Waals surface area contributed by atoms with Gasteiger partial charge in [-0.25, -0.2) is 4.98 Å². The first-order valence-corrected chi connectivity index (χ1v) is 6.08. The van der Waals surface area contributed by atoms with Crippen LogP contribution in [0, 0.1) is 0 Å². The summed E-state index contributed by atoms with van der Waals surface area (Å²) in [6, 6.07) is 0. The fraction of sp³-hybridized carbons (Fsp3) is 0.400. The zero-order chi connectivity index (χ0) is 12.1. The topological polar surface area (TPSA) is 75.9 Å². The van der Waals surface area contributed by atoms with E-state index < -0.39 is 0 Å². The molecular weight excluding hydrogens is 242 g/mol. The number of thiazole rings is 1. The first kappa shape index (κ1) is 12.0. The number of ether oxygens (including phenoxy) is 1. The summed E-state index contributed by atoms with van der Waals surface area (Å²) >= 11 is 1.48. The Morgan fingerprint density at radius 2 is 2.47 bits per heavy atom. The summed E-state index contributed by atoms with van der Waals surface area (Å²) in [5.74, 6) is -0.214. The fourth-order valence-electron chi connectivity index (χ4n) is 1.33. The summed E-state index contributed by atoms with van der Waals surface area (Å²) in [6.45, 7) is 1.07. The van der Waals surface area contributed by atoms with Crippen LogP contribution in [-0.4, -0.2) is 46.8 Å². The Kier molecular flexibility index (Phi) is 4.08. The minimum absolute atomic E-state index is 0.00866. The molecule has 0 fully saturated rings. The summed E-state index contributed by atoms with van der Waals surface area (Å²) in [7, 11) is 0. The molecule has 0 aliphatic heterocycles. The van der Waals surface area contributed by atoms with Crippen molar-refractivity contribution in [2.24, 2.45) is 0 Å². The van der Waals surface area contributed by atoms with Crippen molar-refractivity contribution >= 4 is 22.2 Å². The van der Waals surface area contributed by atoms with Crippen LogP contribution in [0.2, 0.25) is 0 Å². The molecule has 6 nitrogen and oxygen atoms in total. The van der Waals surface area contributed by atoms with Crippen molar-refractivity contribution < 1.29 is 14.6 Å². The van der Waals surface area contributed by atoms with Crippen LogP contribution in [0.4, 0.5) is 0 Å². The lowest BCUT2D eigenvalue weighted by Crippen LogP contribution is -2.27. The third-order valence-corrected chi connectivity index (χ3v) is 2.86. The number of nitrogens with zero attached hydrogens (tertiary/aromatic N) is 2. The maximum atomic E-state index is 11.7. The first-order chi connectivity index (χ1) is 8.31. The van der Waals surface area contributed by atoms with Crippen molar-refractivity contribution in [2.45, 2.75) is 0 Å². The van der Waals surface area contributed by atoms with Crippen molar-refractivity contribution in [1.82, 2.24) is 14.7 Å². The van der Waals surface area contributed by atoms with E-state index in [1.165, 1.54) is 11.3 Å². The minimum Gasteiger partial charge on any atom is -0.394 e. The Balaban J connectivity index is 1.81. The Labute approximate surface area is 102 Å². The molecule has 17 heavy (non-hydrogen) atoms. The van der Waals surface area contributed by atoms with Crippen LogP contribution in [0.1, 0.15) is 10.5 Å². The Hall–Kier alpha value is -1.44. The number of fused-ring (bicyclic) bond motifs is 1. The third-order valence-electron chi connectivity index (χ3n) is 2.09. The summed E-state index contributed by atoms with van der Waals surface area (Å²) in [5.41, 5.74) is 0.402. The number of imidazole rings is 1. The van der Waals surface area contributed by atoms with E-state index in [-0.39, 0.29) is 19.1 Å². The second-order valence-electron chi connectivity index (χ2n) is 3.31. The lowest BCUT2D eigenvalue weighted by atomic mass is 10.4. The van der Waals surface area contributed by atoms with Crippen LogP contribution in [0.5, 0.6) is 0 Å². The molecule has 2 aromatic heterocycles. The molecule has 7 heteroatoms. The van der Waals surface area contributed by atoms with Gasteiger partial charge in [-0.15, -0.1) is 11.3 Å². The Morgan fingerprint density at radius 1 is 1.59 bits per heavy atom. The van der Waals surface area contributed by atoms with Gasteiger partial charge in [0.1, 0.15) is 5.69 Å². The van der Waals surface area contributed by atoms with Gasteiger partial charge >= 0.3 is 0 Å². The van der Waals surface area contributed by atoms with Gasteiger partial charge in [0.05, 0.1) is 19.8 Å². The highest BCUT2D eigenvalue weighted by molar-refractivity contribution is 7.15. The summed E-state index contributed by atoms with van der Waals surface area (Å²) in [6.07, 6.45) is 3.55. The maximum Gasteiger partial charge on any atom is 0.271 e. The predicted octanol–water partition coefficient (Wildman–Crippen LogP) is 0.134. The van der Waals surface area contributed by atoms with E-state index in [1.54, 1.807) is 6.20 Å². The molecule has 2 heterocycles. The molecular formula is C10H13N3O3S. The van der Waals surface area contributed by atoms with E-state index in [0.29, 0.717) is 18.8 Å². The van der Waals surface area contributed by atoms with Crippen LogP contribution < -0.4 is 5.32 Å². The quantitative estimate of drug-likeness (QED) is 0.720. The number of carbonyl (C=O) groups is 1. The van der Waals surface area contributed by atoms with Gasteiger partial charge in [0.25, 0.3) is 5.91 Å². The summed E-state index contributed by atoms with van der Waals surface area (Å²) in [5, 5.41) is 13.1. The molecule has 92 valence electrons. The van der Waals surface area contributed by atoms with Gasteiger partial charge in [0.15, 0.2) is 4.96 Å². The number of rotatable bonds is 6. The molecule has 2 aromatic rings. The molecule has 0 saturated heterocycles. The number of carbonyl (C=O) groups excluding carboxylic acids is 1. The Morgan fingerprint density at radius 3 is 3.24 bits per heavy atom. The normalized spacial score (nSPS) is 10.9. The van der Waals surface area contributed by atoms with Gasteiger partial charge in [-0.3, -0.25) is 9.20 Å². The van der Waals surface area contributed by atoms with E-state index in [4.69, 9.17) is 9.84 Å². The average molecular weight is 255 g/mol. The molecule has 0 radical (unpaired) electrons. The van der Waals surface area contributed by atoms with Gasteiger partial charge < -0.3 is 15.2 Å². The maximum absolute atomic E-state index is 11.7. The third kappa shape index (κ3) is 3.02. The van der Waals surface area contributed by atoms with Crippen LogP contribution >= 0.6 is 11.3 Å². The van der Waals surface area contributed by atoms with E-state index in [9.17, 15) is 4.79 Å². The SMILES string of the molecule is O=C(NCCOCCO)c1cn2ccsc2n1. The molecule has 2 rings (SSSR count). The van der Waals surface area contributed by atoms with Crippen molar-refractivity contribution in [1.29, 1.82) is 0 Å². The van der Waals surface area contributed by atoms with Crippen LogP contribution in [0.15, 0.2) is 17.8 Å². The highest BCUT2D eigenvalue weighted by atomic mass is 32.1. The van der Waals surface area contributed by atoms with Gasteiger partial charge in [-0.1, -0.05) is 0 Å². The zero-order valence-electron chi connectivity index (χ0n) is 9.13. The number of amides is 1. The lowest BCUT2D eigenvalue weighted by molar-refractivity contribution is 0.0835. The van der Waals surface area contributed by atoms with Gasteiger partial charge in [-0.05, 0) is 0 Å². The number of hydrogen-bond acceptors (Lipinski definition) is 5. The molecule has 0 aromatic carbocycles. The molecule has 0 aliphatic carbocycles. The number of aliphatic hydroxyl groups excluding tert-OH is 1. The lowest BCUT2D eigenvalue weighted by Gasteiger charge is -2.03. The Bertz CT molecular complexity index is 465. The zero-order valence-corrected chi connectivity index (χ0v) is 9.94. The van der Waals surface area contributed by atoms with E-state index in [2.05, 4.69) is 10.3 Å². The molecule has 2 N–H and O–H groups in total. The van der Waals surface area contributed by atoms with E-state index >= 15 is 0 Å². The fourth-order valence-corrected chi connectivity index (χ4v) is 2.03. The average Bonchev–Trinajstić information content (AvgIpc) is 2.88. The molecule has 0 bridgehead atoms. The van der Waals surface area contributed by atoms with Crippen LogP contribution in [0.25, 0.3) is 4.96 Å². The molecule has 0 aliphatic rings. The molecule has 0 atom stereocenters. The van der Waals surface area contributed by atoms with Crippen molar-refractivity contribution in [2.75, 3.05) is 26.4 Å². The smallest absolute Gasteiger partial charge is 0.271 e. The number of aromatic nitrogens is 2. The van der Waals surface area contributed by atoms with Crippen LogP contribution in [0.3, 0.4) is 0 Å². The molecule has 0 unspecified atom stereocenters. The van der Waals surface area contributed by atoms with Crippen molar-refractivity contribution in [3.05, 3.63) is 23.5 Å². The second kappa shape index (κ2) is 5.76. The van der Waals surface area contributed by atoms with Crippen molar-refractivity contribution in [3.63, 3.8) is 0 Å². The molecule has 1 amide bonds.